The summed E-state index contributed by atoms with van der Waals surface area (Å²) in [6, 6.07) is 6.50. The number of nitrogens with one attached hydrogen (secondary N) is 2. The van der Waals surface area contributed by atoms with E-state index in [1.54, 1.807) is 7.11 Å². The molecule has 1 saturated heterocycles. The molecule has 2 rings (SSSR count). The molecule has 28 heavy (non-hydrogen) atoms. The van der Waals surface area contributed by atoms with E-state index in [9.17, 15) is 0 Å². The van der Waals surface area contributed by atoms with Crippen LogP contribution in [-0.2, 0) is 6.54 Å². The molecule has 0 saturated carbocycles. The van der Waals surface area contributed by atoms with E-state index < -0.39 is 0 Å². The van der Waals surface area contributed by atoms with E-state index >= 15 is 0 Å². The Balaban J connectivity index is 0.00000392. The number of guanidine groups is 1. The van der Waals surface area contributed by atoms with Crippen LogP contribution in [0.2, 0.25) is 0 Å². The van der Waals surface area contributed by atoms with Gasteiger partial charge in [0.25, 0.3) is 0 Å². The molecule has 0 aliphatic carbocycles. The molecule has 1 aliphatic heterocycles. The number of piperidine rings is 1. The number of halogens is 1. The van der Waals surface area contributed by atoms with E-state index in [0.717, 1.165) is 54.9 Å². The van der Waals surface area contributed by atoms with Crippen LogP contribution in [0, 0.1) is 5.92 Å². The first-order valence-corrected chi connectivity index (χ1v) is 10.0. The van der Waals surface area contributed by atoms with Gasteiger partial charge in [0, 0.05) is 39.3 Å². The smallest absolute Gasteiger partial charge is 0.191 e. The molecule has 0 aromatic heterocycles. The zero-order chi connectivity index (χ0) is 19.6. The topological polar surface area (TPSA) is 58.1 Å². The monoisotopic (exact) mass is 504 g/mol. The third-order valence-corrected chi connectivity index (χ3v) is 4.76. The molecule has 1 heterocycles. The third kappa shape index (κ3) is 8.03. The molecule has 0 radical (unpaired) electrons. The van der Waals surface area contributed by atoms with Crippen molar-refractivity contribution in [2.45, 2.75) is 46.2 Å². The van der Waals surface area contributed by atoms with Crippen LogP contribution < -0.4 is 20.1 Å². The van der Waals surface area contributed by atoms with E-state index in [1.165, 1.54) is 6.54 Å². The molecule has 0 atom stereocenters. The largest absolute Gasteiger partial charge is 0.493 e. The highest BCUT2D eigenvalue weighted by Gasteiger charge is 2.20. The summed E-state index contributed by atoms with van der Waals surface area (Å²) in [6.45, 7) is 11.4. The van der Waals surface area contributed by atoms with E-state index in [-0.39, 0.29) is 24.0 Å². The Kier molecular flexibility index (Phi) is 11.6. The molecule has 1 fully saturated rings. The first-order chi connectivity index (χ1) is 13.0. The van der Waals surface area contributed by atoms with E-state index in [2.05, 4.69) is 34.4 Å². The van der Waals surface area contributed by atoms with Crippen LogP contribution in [-0.4, -0.2) is 57.3 Å². The van der Waals surface area contributed by atoms with Crippen molar-refractivity contribution in [3.63, 3.8) is 0 Å². The van der Waals surface area contributed by atoms with Gasteiger partial charge in [-0.1, -0.05) is 19.9 Å². The summed E-state index contributed by atoms with van der Waals surface area (Å²) in [5.74, 6) is 3.12. The van der Waals surface area contributed by atoms with Crippen molar-refractivity contribution in [2.75, 3.05) is 40.4 Å². The van der Waals surface area contributed by atoms with Crippen molar-refractivity contribution < 1.29 is 9.47 Å². The summed E-state index contributed by atoms with van der Waals surface area (Å²) in [7, 11) is 3.48. The van der Waals surface area contributed by atoms with Crippen molar-refractivity contribution in [2.24, 2.45) is 10.9 Å². The van der Waals surface area contributed by atoms with Crippen molar-refractivity contribution >= 4 is 29.9 Å². The summed E-state index contributed by atoms with van der Waals surface area (Å²) in [5, 5.41) is 6.98. The van der Waals surface area contributed by atoms with Crippen molar-refractivity contribution in [3.8, 4) is 11.5 Å². The lowest BCUT2D eigenvalue weighted by Crippen LogP contribution is -2.48. The van der Waals surface area contributed by atoms with Crippen LogP contribution in [0.4, 0.5) is 0 Å². The van der Waals surface area contributed by atoms with Gasteiger partial charge in [-0.15, -0.1) is 24.0 Å². The van der Waals surface area contributed by atoms with Gasteiger partial charge in [-0.3, -0.25) is 4.99 Å². The maximum absolute atomic E-state index is 5.66. The van der Waals surface area contributed by atoms with E-state index in [1.807, 2.05) is 32.2 Å². The Morgan fingerprint density at radius 2 is 1.96 bits per heavy atom. The van der Waals surface area contributed by atoms with Crippen LogP contribution in [0.5, 0.6) is 11.5 Å². The molecule has 7 heteroatoms. The molecule has 0 bridgehead atoms. The first-order valence-electron chi connectivity index (χ1n) is 10.0. The lowest BCUT2D eigenvalue weighted by Gasteiger charge is -2.34. The Bertz CT molecular complexity index is 602. The van der Waals surface area contributed by atoms with Gasteiger partial charge in [-0.25, -0.2) is 0 Å². The minimum absolute atomic E-state index is 0. The highest BCUT2D eigenvalue weighted by molar-refractivity contribution is 14.0. The SMILES string of the molecule is CCOc1cc(CNC(=NC)NC2CCN(CC(C)C)CC2)ccc1OC.I. The molecular formula is C21H37IN4O2. The second-order valence-electron chi connectivity index (χ2n) is 7.46. The Morgan fingerprint density at radius 1 is 1.25 bits per heavy atom. The van der Waals surface area contributed by atoms with Crippen LogP contribution in [0.15, 0.2) is 23.2 Å². The second kappa shape index (κ2) is 13.1. The summed E-state index contributed by atoms with van der Waals surface area (Å²) in [5.41, 5.74) is 1.13. The van der Waals surface area contributed by atoms with Crippen molar-refractivity contribution in [1.29, 1.82) is 0 Å². The number of rotatable bonds is 8. The van der Waals surface area contributed by atoms with Crippen molar-refractivity contribution in [1.82, 2.24) is 15.5 Å². The molecule has 1 aromatic rings. The molecule has 2 N–H and O–H groups in total. The Labute approximate surface area is 187 Å². The number of benzene rings is 1. The number of aliphatic imine (C=N–C) groups is 1. The number of ether oxygens (including phenoxy) is 2. The maximum Gasteiger partial charge on any atom is 0.191 e. The van der Waals surface area contributed by atoms with Gasteiger partial charge < -0.3 is 25.0 Å². The number of hydrogen-bond acceptors (Lipinski definition) is 4. The summed E-state index contributed by atoms with van der Waals surface area (Å²) in [6.07, 6.45) is 2.31. The zero-order valence-corrected chi connectivity index (χ0v) is 20.3. The third-order valence-electron chi connectivity index (χ3n) is 4.76. The lowest BCUT2D eigenvalue weighted by molar-refractivity contribution is 0.187. The zero-order valence-electron chi connectivity index (χ0n) is 18.0. The fourth-order valence-electron chi connectivity index (χ4n) is 3.45. The van der Waals surface area contributed by atoms with Gasteiger partial charge in [-0.05, 0) is 43.4 Å². The Morgan fingerprint density at radius 3 is 2.54 bits per heavy atom. The Hall–Kier alpha value is -1.22. The molecule has 0 amide bonds. The van der Waals surface area contributed by atoms with Gasteiger partial charge in [0.1, 0.15) is 0 Å². The quantitative estimate of drug-likeness (QED) is 0.323. The van der Waals surface area contributed by atoms with E-state index in [0.29, 0.717) is 19.2 Å². The van der Waals surface area contributed by atoms with Crippen LogP contribution in [0.1, 0.15) is 39.2 Å². The minimum atomic E-state index is 0. The number of hydrogen-bond donors (Lipinski definition) is 2. The van der Waals surface area contributed by atoms with Crippen LogP contribution in [0.3, 0.4) is 0 Å². The highest BCUT2D eigenvalue weighted by atomic mass is 127. The molecule has 160 valence electrons. The van der Waals surface area contributed by atoms with Gasteiger partial charge >= 0.3 is 0 Å². The van der Waals surface area contributed by atoms with E-state index in [4.69, 9.17) is 9.47 Å². The summed E-state index contributed by atoms with van der Waals surface area (Å²) >= 11 is 0. The maximum atomic E-state index is 5.66. The predicted octanol–water partition coefficient (Wildman–Crippen LogP) is 3.50. The minimum Gasteiger partial charge on any atom is -0.493 e. The van der Waals surface area contributed by atoms with Gasteiger partial charge in [-0.2, -0.15) is 0 Å². The molecule has 0 spiro atoms. The molecule has 1 aromatic carbocycles. The average Bonchev–Trinajstić information content (AvgIpc) is 2.66. The van der Waals surface area contributed by atoms with Crippen LogP contribution in [0.25, 0.3) is 0 Å². The van der Waals surface area contributed by atoms with Crippen LogP contribution >= 0.6 is 24.0 Å². The number of nitrogens with zero attached hydrogens (tertiary/aromatic N) is 2. The fourth-order valence-corrected chi connectivity index (χ4v) is 3.45. The highest BCUT2D eigenvalue weighted by Crippen LogP contribution is 2.28. The summed E-state index contributed by atoms with van der Waals surface area (Å²) in [4.78, 5) is 6.94. The second-order valence-corrected chi connectivity index (χ2v) is 7.46. The molecule has 6 nitrogen and oxygen atoms in total. The van der Waals surface area contributed by atoms with Gasteiger partial charge in [0.05, 0.1) is 13.7 Å². The molecular weight excluding hydrogens is 467 g/mol. The lowest BCUT2D eigenvalue weighted by atomic mass is 10.0. The number of likely N-dealkylation sites (tertiary alicyclic amines) is 1. The average molecular weight is 504 g/mol. The molecule has 1 aliphatic rings. The molecule has 0 unspecified atom stereocenters. The first kappa shape index (κ1) is 24.8. The van der Waals surface area contributed by atoms with Gasteiger partial charge in [0.2, 0.25) is 0 Å². The normalized spacial score (nSPS) is 15.9. The van der Waals surface area contributed by atoms with Crippen molar-refractivity contribution in [3.05, 3.63) is 23.8 Å². The fraction of sp³-hybridized carbons (Fsp3) is 0.667. The van der Waals surface area contributed by atoms with Gasteiger partial charge in [0.15, 0.2) is 17.5 Å². The summed E-state index contributed by atoms with van der Waals surface area (Å²) < 4.78 is 11.0. The number of methoxy groups -OCH3 is 1. The standard InChI is InChI=1S/C21H36N4O2.HI/c1-6-27-20-13-17(7-8-19(20)26-5)14-23-21(22-4)24-18-9-11-25(12-10-18)15-16(2)3;/h7-8,13,16,18H,6,9-12,14-15H2,1-5H3,(H2,22,23,24);1H. The predicted molar refractivity (Wildman–Crippen MR) is 127 cm³/mol.